The molecule has 0 bridgehead atoms. The number of nitrogens with zero attached hydrogens (tertiary/aromatic N) is 4. The molecule has 15 nitrogen and oxygen atoms in total. The van der Waals surface area contributed by atoms with Crippen molar-refractivity contribution in [1.82, 2.24) is 19.5 Å². The molecule has 3 heterocycles. The van der Waals surface area contributed by atoms with Gasteiger partial charge in [-0.1, -0.05) is 0 Å². The Morgan fingerprint density at radius 2 is 1.94 bits per heavy atom. The number of rotatable bonds is 6. The number of imidazole rings is 1. The number of phosphoric ester groups is 1. The van der Waals surface area contributed by atoms with Gasteiger partial charge in [-0.25, -0.2) is 9.97 Å². The normalized spacial score (nSPS) is 24.1. The van der Waals surface area contributed by atoms with Crippen LogP contribution < -0.4 is 74.8 Å². The molecule has 1 unspecified atom stereocenters. The van der Waals surface area contributed by atoms with Crippen LogP contribution in [0.3, 0.4) is 0 Å². The Morgan fingerprint density at radius 3 is 2.50 bits per heavy atom. The van der Waals surface area contributed by atoms with Crippen molar-refractivity contribution in [2.24, 2.45) is 0 Å². The SMILES string of the molecule is CC(=O)OC[C@H]1O[C@@H](n2cnc3c([O-])nc(N)nc32)[C@H](OC(C)=O)[C@@H]1OP(=O)([O-])O.[Na+].[Na+]. The zero-order valence-corrected chi connectivity index (χ0v) is 22.4. The van der Waals surface area contributed by atoms with Gasteiger partial charge in [-0.15, -0.1) is 0 Å². The van der Waals surface area contributed by atoms with Crippen LogP contribution in [0.15, 0.2) is 6.33 Å². The van der Waals surface area contributed by atoms with Gasteiger partial charge >= 0.3 is 71.1 Å². The number of carbonyl (C=O) groups excluding carboxylic acids is 2. The van der Waals surface area contributed by atoms with Gasteiger partial charge in [-0.3, -0.25) is 18.7 Å². The molecule has 1 aliphatic rings. The number of hydrogen-bond donors (Lipinski definition) is 2. The molecule has 0 saturated carbocycles. The molecule has 0 amide bonds. The molecular formula is C14H16N5Na2O10P. The first kappa shape index (κ1) is 29.2. The number of aromatic nitrogens is 4. The second-order valence-electron chi connectivity index (χ2n) is 6.19. The number of esters is 2. The summed E-state index contributed by atoms with van der Waals surface area (Å²) in [5, 5.41) is 12.0. The molecule has 164 valence electrons. The first-order valence-corrected chi connectivity index (χ1v) is 9.81. The van der Waals surface area contributed by atoms with Crippen molar-refractivity contribution in [3.8, 4) is 5.88 Å². The first-order chi connectivity index (χ1) is 14.0. The zero-order chi connectivity index (χ0) is 22.2. The number of fused-ring (bicyclic) bond motifs is 1. The van der Waals surface area contributed by atoms with Crippen LogP contribution in [-0.2, 0) is 32.9 Å². The Bertz CT molecular complexity index is 1030. The van der Waals surface area contributed by atoms with Crippen LogP contribution in [0.25, 0.3) is 11.2 Å². The standard InChI is InChI=1S/C14H18N5O10P.2Na/c1-5(20)26-3-7-9(29-30(23,24)25)10(27-6(2)21)13(28-7)19-4-16-8-11(19)17-14(15)18-12(8)22;;/h4,7,9-10,13H,3H2,1-2H3,(H2,23,24,25)(H3,15,17,18,22);;/q;2*+1/p-2/t7-,9-,10-,13-;;/m1../s1. The van der Waals surface area contributed by atoms with E-state index in [1.165, 1.54) is 0 Å². The van der Waals surface area contributed by atoms with Crippen LogP contribution in [0.2, 0.25) is 0 Å². The van der Waals surface area contributed by atoms with Gasteiger partial charge in [0.2, 0.25) is 5.95 Å². The summed E-state index contributed by atoms with van der Waals surface area (Å²) in [5.74, 6) is -2.68. The Balaban J connectivity index is 0.00000256. The molecule has 0 spiro atoms. The quantitative estimate of drug-likeness (QED) is 0.217. The van der Waals surface area contributed by atoms with Gasteiger partial charge in [-0.05, 0) is 0 Å². The van der Waals surface area contributed by atoms with Crippen molar-refractivity contribution in [1.29, 1.82) is 0 Å². The van der Waals surface area contributed by atoms with Gasteiger partial charge in [0.25, 0.3) is 7.82 Å². The second kappa shape index (κ2) is 11.5. The number of carbonyl (C=O) groups is 2. The average Bonchev–Trinajstić information content (AvgIpc) is 3.14. The van der Waals surface area contributed by atoms with Crippen LogP contribution in [0.4, 0.5) is 5.95 Å². The van der Waals surface area contributed by atoms with E-state index in [2.05, 4.69) is 19.5 Å². The monoisotopic (exact) mass is 491 g/mol. The molecule has 32 heavy (non-hydrogen) atoms. The molecule has 0 aromatic carbocycles. The van der Waals surface area contributed by atoms with Gasteiger partial charge in [-0.2, -0.15) is 4.98 Å². The number of ether oxygens (including phenoxy) is 3. The number of phosphoric acid groups is 1. The summed E-state index contributed by atoms with van der Waals surface area (Å²) >= 11 is 0. The van der Waals surface area contributed by atoms with Gasteiger partial charge in [0.1, 0.15) is 24.3 Å². The minimum atomic E-state index is -5.33. The summed E-state index contributed by atoms with van der Waals surface area (Å²) in [7, 11) is -5.33. The predicted octanol–water partition coefficient (Wildman–Crippen LogP) is -8.27. The summed E-state index contributed by atoms with van der Waals surface area (Å²) in [6.07, 6.45) is -4.58. The van der Waals surface area contributed by atoms with Crippen LogP contribution in [0.5, 0.6) is 5.88 Å². The second-order valence-corrected chi connectivity index (χ2v) is 7.34. The average molecular weight is 491 g/mol. The van der Waals surface area contributed by atoms with Gasteiger partial charge in [0.05, 0.1) is 6.33 Å². The fraction of sp³-hybridized carbons (Fsp3) is 0.500. The number of nitrogens with two attached hydrogens (primary N) is 1. The fourth-order valence-corrected chi connectivity index (χ4v) is 3.52. The molecule has 3 rings (SSSR count). The van der Waals surface area contributed by atoms with E-state index in [9.17, 15) is 24.2 Å². The summed E-state index contributed by atoms with van der Waals surface area (Å²) < 4.78 is 32.8. The third-order valence-corrected chi connectivity index (χ3v) is 4.48. The molecule has 0 radical (unpaired) electrons. The van der Waals surface area contributed by atoms with Crippen molar-refractivity contribution in [3.05, 3.63) is 6.33 Å². The van der Waals surface area contributed by atoms with Gasteiger partial charge in [0, 0.05) is 19.7 Å². The summed E-state index contributed by atoms with van der Waals surface area (Å²) in [4.78, 5) is 54.5. The topological polar surface area (TPSA) is 224 Å². The first-order valence-electron chi connectivity index (χ1n) is 8.31. The fourth-order valence-electron chi connectivity index (χ4n) is 2.96. The van der Waals surface area contributed by atoms with E-state index in [-0.39, 0.29) is 76.2 Å². The summed E-state index contributed by atoms with van der Waals surface area (Å²) in [6.45, 7) is 1.66. The van der Waals surface area contributed by atoms with E-state index in [0.29, 0.717) is 0 Å². The molecule has 0 aliphatic carbocycles. The van der Waals surface area contributed by atoms with E-state index in [1.54, 1.807) is 0 Å². The summed E-state index contributed by atoms with van der Waals surface area (Å²) in [6, 6.07) is 0. The van der Waals surface area contributed by atoms with Crippen molar-refractivity contribution < 1.29 is 107 Å². The van der Waals surface area contributed by atoms with Crippen LogP contribution in [-0.4, -0.2) is 61.3 Å². The number of hydrogen-bond acceptors (Lipinski definition) is 13. The zero-order valence-electron chi connectivity index (χ0n) is 17.5. The Morgan fingerprint density at radius 1 is 1.28 bits per heavy atom. The van der Waals surface area contributed by atoms with E-state index >= 15 is 0 Å². The molecule has 1 fully saturated rings. The molecule has 2 aromatic rings. The van der Waals surface area contributed by atoms with E-state index in [0.717, 1.165) is 24.7 Å². The van der Waals surface area contributed by atoms with Crippen LogP contribution in [0.1, 0.15) is 20.1 Å². The van der Waals surface area contributed by atoms with Crippen LogP contribution in [0, 0.1) is 0 Å². The van der Waals surface area contributed by atoms with Crippen molar-refractivity contribution >= 4 is 36.9 Å². The molecule has 3 N–H and O–H groups in total. The Kier molecular flexibility index (Phi) is 10.5. The van der Waals surface area contributed by atoms with Gasteiger partial charge in [0.15, 0.2) is 18.0 Å². The minimum Gasteiger partial charge on any atom is -0.857 e. The Hall–Kier alpha value is -0.840. The smallest absolute Gasteiger partial charge is 0.857 e. The third-order valence-electron chi connectivity index (χ3n) is 3.97. The molecule has 5 atom stereocenters. The largest absolute Gasteiger partial charge is 1.00 e. The summed E-state index contributed by atoms with van der Waals surface area (Å²) in [5.41, 5.74) is 5.24. The Labute approximate surface area is 224 Å². The predicted molar refractivity (Wildman–Crippen MR) is 90.0 cm³/mol. The van der Waals surface area contributed by atoms with E-state index in [1.807, 2.05) is 0 Å². The van der Waals surface area contributed by atoms with E-state index in [4.69, 9.17) is 24.8 Å². The maximum absolute atomic E-state index is 12.0. The van der Waals surface area contributed by atoms with Gasteiger partial charge < -0.3 is 39.4 Å². The van der Waals surface area contributed by atoms with E-state index < -0.39 is 56.8 Å². The minimum absolute atomic E-state index is 0. The molecule has 18 heteroatoms. The van der Waals surface area contributed by atoms with Crippen molar-refractivity contribution in [3.63, 3.8) is 0 Å². The maximum Gasteiger partial charge on any atom is 1.00 e. The van der Waals surface area contributed by atoms with Crippen molar-refractivity contribution in [2.75, 3.05) is 12.3 Å². The number of anilines is 1. The molecule has 1 saturated heterocycles. The maximum atomic E-state index is 12.0. The molecular weight excluding hydrogens is 475 g/mol. The third kappa shape index (κ3) is 6.84. The molecule has 1 aliphatic heterocycles. The van der Waals surface area contributed by atoms with Crippen LogP contribution >= 0.6 is 7.82 Å². The molecule has 2 aromatic heterocycles. The van der Waals surface area contributed by atoms with Crippen molar-refractivity contribution in [2.45, 2.75) is 38.4 Å². The number of nitrogen functional groups attached to an aromatic ring is 1.